The van der Waals surface area contributed by atoms with Crippen molar-refractivity contribution < 1.29 is 49.8 Å². The number of phenols is 2. The van der Waals surface area contributed by atoms with Gasteiger partial charge in [0.05, 0.1) is 57.1 Å². The number of aliphatic hydroxyl groups is 4. The summed E-state index contributed by atoms with van der Waals surface area (Å²) in [4.78, 5) is 57.9. The van der Waals surface area contributed by atoms with E-state index < -0.39 is 104 Å². The lowest BCUT2D eigenvalue weighted by Gasteiger charge is -2.53. The molecule has 2 aromatic rings. The molecule has 0 radical (unpaired) electrons. The van der Waals surface area contributed by atoms with E-state index >= 15 is 0 Å². The van der Waals surface area contributed by atoms with Crippen LogP contribution in [0.2, 0.25) is 0 Å². The molecule has 10 nitrogen and oxygen atoms in total. The van der Waals surface area contributed by atoms with Crippen molar-refractivity contribution in [1.82, 2.24) is 0 Å². The number of benzene rings is 2. The second-order valence-corrected chi connectivity index (χ2v) is 12.0. The number of Topliss-reactive ketones (excluding diaryl/α,β-unsaturated/α-hetero) is 4. The summed E-state index contributed by atoms with van der Waals surface area (Å²) >= 11 is 0. The maximum Gasteiger partial charge on any atom is 0.175 e. The van der Waals surface area contributed by atoms with Crippen molar-refractivity contribution in [3.8, 4) is 11.5 Å². The fourth-order valence-electron chi connectivity index (χ4n) is 9.51. The van der Waals surface area contributed by atoms with Gasteiger partial charge in [0.1, 0.15) is 23.0 Å². The molecule has 4 saturated carbocycles. The Morgan fingerprint density at radius 3 is 1.30 bits per heavy atom. The molecule has 0 amide bonds. The average Bonchev–Trinajstić information content (AvgIpc) is 3.22. The first-order valence-corrected chi connectivity index (χ1v) is 12.9. The number of aromatic hydroxyl groups is 2. The van der Waals surface area contributed by atoms with E-state index in [-0.39, 0.29) is 22.3 Å². The molecule has 10 heteroatoms. The van der Waals surface area contributed by atoms with Crippen molar-refractivity contribution in [2.45, 2.75) is 26.1 Å². The highest BCUT2D eigenvalue weighted by atomic mass is 16.3. The number of phenolic OH excluding ortho intramolecular Hbond substituents is 2. The quantitative estimate of drug-likeness (QED) is 0.286. The van der Waals surface area contributed by atoms with Crippen LogP contribution in [0.5, 0.6) is 11.5 Å². The van der Waals surface area contributed by atoms with Crippen LogP contribution in [0, 0.1) is 48.3 Å². The summed E-state index contributed by atoms with van der Waals surface area (Å²) in [6, 6.07) is 5.37. The van der Waals surface area contributed by atoms with Crippen molar-refractivity contribution >= 4 is 34.7 Å². The Morgan fingerprint density at radius 2 is 0.950 bits per heavy atom. The number of hydrogen-bond donors (Lipinski definition) is 6. The Hall–Kier alpha value is -4.28. The Bertz CT molecular complexity index is 1680. The third-order valence-corrected chi connectivity index (χ3v) is 10.4. The number of carbonyl (C=O) groups excluding carboxylic acids is 4. The number of fused-ring (bicyclic) bond motifs is 4. The maximum absolute atomic E-state index is 14.5. The summed E-state index contributed by atoms with van der Waals surface area (Å²) < 4.78 is 0. The Morgan fingerprint density at radius 1 is 0.600 bits per heavy atom. The minimum atomic E-state index is -2.25. The van der Waals surface area contributed by atoms with Crippen LogP contribution >= 0.6 is 0 Å². The Kier molecular flexibility index (Phi) is 3.86. The predicted octanol–water partition coefficient (Wildman–Crippen LogP) is 1.70. The van der Waals surface area contributed by atoms with Gasteiger partial charge < -0.3 is 30.6 Å². The summed E-state index contributed by atoms with van der Waals surface area (Å²) in [6.07, 6.45) is -3.37. The van der Waals surface area contributed by atoms with Gasteiger partial charge in [-0.1, -0.05) is 0 Å². The molecule has 4 fully saturated rings. The third-order valence-electron chi connectivity index (χ3n) is 10.4. The van der Waals surface area contributed by atoms with E-state index in [0.717, 1.165) is 0 Å². The van der Waals surface area contributed by atoms with E-state index in [1.807, 2.05) is 0 Å². The van der Waals surface area contributed by atoms with E-state index in [2.05, 4.69) is 0 Å². The van der Waals surface area contributed by atoms with Crippen LogP contribution < -0.4 is 0 Å². The van der Waals surface area contributed by atoms with E-state index in [0.29, 0.717) is 11.1 Å². The molecule has 0 aliphatic heterocycles. The maximum atomic E-state index is 14.5. The fraction of sp³-hybridized carbons (Fsp3) is 0.333. The zero-order chi connectivity index (χ0) is 28.5. The molecular formula is C30H22O10. The summed E-state index contributed by atoms with van der Waals surface area (Å²) in [7, 11) is 0. The van der Waals surface area contributed by atoms with Gasteiger partial charge in [-0.2, -0.15) is 0 Å². The molecule has 6 aliphatic carbocycles. The van der Waals surface area contributed by atoms with Gasteiger partial charge in [0.2, 0.25) is 0 Å². The van der Waals surface area contributed by atoms with Gasteiger partial charge >= 0.3 is 0 Å². The number of allylic oxidation sites excluding steroid dienone is 2. The zero-order valence-electron chi connectivity index (χ0n) is 21.1. The molecule has 2 spiro atoms. The second-order valence-electron chi connectivity index (χ2n) is 12.0. The highest BCUT2D eigenvalue weighted by Crippen LogP contribution is 2.80. The van der Waals surface area contributed by atoms with Crippen LogP contribution in [0.3, 0.4) is 0 Å². The molecule has 40 heavy (non-hydrogen) atoms. The smallest absolute Gasteiger partial charge is 0.175 e. The van der Waals surface area contributed by atoms with Crippen LogP contribution in [0.1, 0.15) is 43.0 Å². The summed E-state index contributed by atoms with van der Waals surface area (Å²) in [5.41, 5.74) is -5.58. The van der Waals surface area contributed by atoms with Gasteiger partial charge in [0, 0.05) is 23.0 Å². The van der Waals surface area contributed by atoms with Crippen molar-refractivity contribution in [2.75, 3.05) is 0 Å². The normalized spacial score (nSPS) is 38.1. The van der Waals surface area contributed by atoms with E-state index in [4.69, 9.17) is 0 Å². The predicted molar refractivity (Wildman–Crippen MR) is 134 cm³/mol. The van der Waals surface area contributed by atoms with Gasteiger partial charge in [-0.25, -0.2) is 0 Å². The van der Waals surface area contributed by atoms with Crippen molar-refractivity contribution in [2.24, 2.45) is 34.5 Å². The number of ketones is 4. The van der Waals surface area contributed by atoms with Gasteiger partial charge in [0.15, 0.2) is 23.1 Å². The standard InChI is InChI=1S/C30H22O10/c1-7-3-9-13(11(31)5-7)21(33)17-25(37)20-23(35)15-16-24(36)19(29(15,17)27(9)39)26(38)18-22(34)14-10(28(40)30(16,18)20)4-8(2)6-12(14)32/h3-6,15-16,19-20,23-24,31-36H,1-2H3/t15-,16-,19+,20+,23-,24-,29+,30?/m1/s1. The average molecular weight is 542 g/mol. The summed E-state index contributed by atoms with van der Waals surface area (Å²) in [6.45, 7) is 3.19. The van der Waals surface area contributed by atoms with Gasteiger partial charge in [0.25, 0.3) is 0 Å². The number of hydrogen-bond acceptors (Lipinski definition) is 10. The SMILES string of the molecule is Cc1cc(O)c2c(c1)C(=O)C13C(=C2O)C(=O)[C@@H]2[C@H](O)[C@H]1[C@@H]1[C@@H](O)[C@H]3C(=O)C3=C(O)c4c(O)cc(C)cc4C(=O)[C@]312. The first-order valence-electron chi connectivity index (χ1n) is 12.9. The van der Waals surface area contributed by atoms with Gasteiger partial charge in [-0.15, -0.1) is 0 Å². The minimum absolute atomic E-state index is 0.185. The van der Waals surface area contributed by atoms with Gasteiger partial charge in [-0.3, -0.25) is 19.2 Å². The van der Waals surface area contributed by atoms with Crippen LogP contribution in [0.25, 0.3) is 11.5 Å². The van der Waals surface area contributed by atoms with Gasteiger partial charge in [-0.05, 0) is 49.2 Å². The molecule has 8 rings (SSSR count). The third kappa shape index (κ3) is 1.96. The van der Waals surface area contributed by atoms with E-state index in [1.54, 1.807) is 13.8 Å². The molecule has 1 unspecified atom stereocenters. The molecule has 6 aliphatic rings. The molecular weight excluding hydrogens is 520 g/mol. The molecule has 6 N–H and O–H groups in total. The van der Waals surface area contributed by atoms with Crippen LogP contribution in [-0.4, -0.2) is 66.0 Å². The largest absolute Gasteiger partial charge is 0.507 e. The lowest BCUT2D eigenvalue weighted by molar-refractivity contribution is -0.142. The second kappa shape index (κ2) is 6.54. The van der Waals surface area contributed by atoms with E-state index in [1.165, 1.54) is 24.3 Å². The summed E-state index contributed by atoms with van der Waals surface area (Å²) in [5, 5.41) is 67.8. The first kappa shape index (κ1) is 23.6. The molecule has 2 aromatic carbocycles. The molecule has 8 atom stereocenters. The number of aliphatic hydroxyl groups excluding tert-OH is 4. The Balaban J connectivity index is 1.55. The molecule has 0 aromatic heterocycles. The number of aryl methyl sites for hydroxylation is 2. The topological polar surface area (TPSA) is 190 Å². The fourth-order valence-corrected chi connectivity index (χ4v) is 9.51. The van der Waals surface area contributed by atoms with Crippen LogP contribution in [0.4, 0.5) is 0 Å². The molecule has 4 bridgehead atoms. The first-order chi connectivity index (χ1) is 18.8. The lowest BCUT2D eigenvalue weighted by atomic mass is 9.46. The summed E-state index contributed by atoms with van der Waals surface area (Å²) in [5.74, 6) is -12.2. The Labute approximate surface area is 225 Å². The van der Waals surface area contributed by atoms with Crippen molar-refractivity contribution in [3.05, 3.63) is 68.8 Å². The lowest BCUT2D eigenvalue weighted by Crippen LogP contribution is -2.65. The van der Waals surface area contributed by atoms with Crippen molar-refractivity contribution in [1.29, 1.82) is 0 Å². The monoisotopic (exact) mass is 542 g/mol. The zero-order valence-corrected chi connectivity index (χ0v) is 21.1. The highest BCUT2D eigenvalue weighted by Gasteiger charge is 2.89. The van der Waals surface area contributed by atoms with E-state index in [9.17, 15) is 49.8 Å². The molecule has 202 valence electrons. The molecule has 0 saturated heterocycles. The number of carbonyl (C=O) groups is 4. The highest BCUT2D eigenvalue weighted by molar-refractivity contribution is 6.30. The van der Waals surface area contributed by atoms with Crippen LogP contribution in [0.15, 0.2) is 35.4 Å². The molecule has 0 heterocycles. The number of rotatable bonds is 0. The van der Waals surface area contributed by atoms with Crippen LogP contribution in [-0.2, 0) is 9.59 Å². The van der Waals surface area contributed by atoms with Crippen molar-refractivity contribution in [3.63, 3.8) is 0 Å². The minimum Gasteiger partial charge on any atom is -0.507 e.